The number of fused-ring (bicyclic) bond motifs is 5. The molecule has 0 saturated carbocycles. The Hall–Kier alpha value is -6.90. The third-order valence-corrected chi connectivity index (χ3v) is 10.6. The van der Waals surface area contributed by atoms with Gasteiger partial charge in [0.05, 0.1) is 5.69 Å². The quantitative estimate of drug-likeness (QED) is 0.174. The van der Waals surface area contributed by atoms with Gasteiger partial charge >= 0.3 is 0 Å². The van der Waals surface area contributed by atoms with E-state index in [0.717, 1.165) is 55.7 Å². The van der Waals surface area contributed by atoms with E-state index in [9.17, 15) is 0 Å². The van der Waals surface area contributed by atoms with Gasteiger partial charge in [0.15, 0.2) is 0 Å². The highest BCUT2D eigenvalue weighted by Gasteiger charge is 2.19. The van der Waals surface area contributed by atoms with Gasteiger partial charge in [0.2, 0.25) is 0 Å². The van der Waals surface area contributed by atoms with E-state index in [0.29, 0.717) is 0 Å². The van der Waals surface area contributed by atoms with Gasteiger partial charge in [0.1, 0.15) is 11.2 Å². The predicted octanol–water partition coefficient (Wildman–Crippen LogP) is 14.7. The molecule has 0 aliphatic heterocycles. The van der Waals surface area contributed by atoms with Gasteiger partial charge in [-0.2, -0.15) is 0 Å². The first-order chi connectivity index (χ1) is 26.2. The van der Waals surface area contributed by atoms with Gasteiger partial charge in [-0.1, -0.05) is 158 Å². The van der Waals surface area contributed by atoms with Crippen molar-refractivity contribution in [2.24, 2.45) is 0 Å². The molecular weight excluding hydrogens is 643 g/mol. The van der Waals surface area contributed by atoms with Gasteiger partial charge in [-0.15, -0.1) is 0 Å². The zero-order valence-electron chi connectivity index (χ0n) is 29.3. The Bertz CT molecular complexity index is 2950. The summed E-state index contributed by atoms with van der Waals surface area (Å²) in [6, 6.07) is 69.9. The topological polar surface area (TPSA) is 16.4 Å². The van der Waals surface area contributed by atoms with Gasteiger partial charge in [-0.05, 0) is 92.7 Å². The highest BCUT2D eigenvalue weighted by atomic mass is 16.3. The zero-order valence-corrected chi connectivity index (χ0v) is 29.3. The van der Waals surface area contributed by atoms with Crippen LogP contribution in [0.5, 0.6) is 0 Å². The Kier molecular flexibility index (Phi) is 7.40. The zero-order chi connectivity index (χ0) is 35.3. The van der Waals surface area contributed by atoms with E-state index < -0.39 is 0 Å². The minimum atomic E-state index is 0.923. The molecule has 0 bridgehead atoms. The summed E-state index contributed by atoms with van der Waals surface area (Å²) in [5.74, 6) is 0. The number of hydrogen-bond acceptors (Lipinski definition) is 2. The van der Waals surface area contributed by atoms with Crippen LogP contribution in [0.1, 0.15) is 5.56 Å². The molecule has 0 unspecified atom stereocenters. The molecule has 0 N–H and O–H groups in total. The number of anilines is 3. The lowest BCUT2D eigenvalue weighted by Crippen LogP contribution is -2.11. The van der Waals surface area contributed by atoms with E-state index in [1.807, 2.05) is 0 Å². The van der Waals surface area contributed by atoms with E-state index >= 15 is 0 Å². The maximum Gasteiger partial charge on any atom is 0.143 e. The first-order valence-electron chi connectivity index (χ1n) is 18.2. The molecule has 1 heterocycles. The van der Waals surface area contributed by atoms with Crippen LogP contribution in [-0.2, 0) is 0 Å². The average Bonchev–Trinajstić information content (AvgIpc) is 3.62. The Morgan fingerprint density at radius 3 is 1.72 bits per heavy atom. The van der Waals surface area contributed by atoms with Crippen molar-refractivity contribution in [2.45, 2.75) is 6.92 Å². The Morgan fingerprint density at radius 2 is 0.906 bits per heavy atom. The second-order valence-electron chi connectivity index (χ2n) is 13.8. The molecule has 10 rings (SSSR count). The van der Waals surface area contributed by atoms with Crippen LogP contribution in [0, 0.1) is 6.92 Å². The summed E-state index contributed by atoms with van der Waals surface area (Å²) in [7, 11) is 0. The van der Waals surface area contributed by atoms with E-state index in [2.05, 4.69) is 206 Å². The third kappa shape index (κ3) is 5.35. The molecule has 2 nitrogen and oxygen atoms in total. The third-order valence-electron chi connectivity index (χ3n) is 10.6. The van der Waals surface area contributed by atoms with Crippen molar-refractivity contribution in [2.75, 3.05) is 4.90 Å². The van der Waals surface area contributed by atoms with Crippen molar-refractivity contribution in [3.05, 3.63) is 200 Å². The van der Waals surface area contributed by atoms with Crippen molar-refractivity contribution in [3.8, 4) is 33.4 Å². The molecular formula is C51H35NO. The van der Waals surface area contributed by atoms with Crippen molar-refractivity contribution in [3.63, 3.8) is 0 Å². The number of hydrogen-bond donors (Lipinski definition) is 0. The van der Waals surface area contributed by atoms with E-state index in [1.165, 1.54) is 43.8 Å². The molecule has 53 heavy (non-hydrogen) atoms. The number of nitrogens with zero attached hydrogens (tertiary/aromatic N) is 1. The van der Waals surface area contributed by atoms with Gasteiger partial charge in [0.25, 0.3) is 0 Å². The molecule has 0 fully saturated rings. The molecule has 250 valence electrons. The predicted molar refractivity (Wildman–Crippen MR) is 224 cm³/mol. The summed E-state index contributed by atoms with van der Waals surface area (Å²) >= 11 is 0. The minimum Gasteiger partial charge on any atom is -0.455 e. The fourth-order valence-electron chi connectivity index (χ4n) is 7.93. The van der Waals surface area contributed by atoms with Gasteiger partial charge in [0, 0.05) is 33.3 Å². The molecule has 9 aromatic carbocycles. The maximum atomic E-state index is 6.55. The van der Waals surface area contributed by atoms with Crippen LogP contribution in [0.3, 0.4) is 0 Å². The van der Waals surface area contributed by atoms with Crippen molar-refractivity contribution < 1.29 is 4.42 Å². The Labute approximate surface area is 308 Å². The van der Waals surface area contributed by atoms with Crippen LogP contribution in [0.2, 0.25) is 0 Å². The molecule has 1 aromatic heterocycles. The first kappa shape index (κ1) is 30.9. The summed E-state index contributed by atoms with van der Waals surface area (Å²) in [6.07, 6.45) is 0. The summed E-state index contributed by atoms with van der Waals surface area (Å²) in [4.78, 5) is 2.39. The smallest absolute Gasteiger partial charge is 0.143 e. The number of para-hydroxylation sites is 3. The van der Waals surface area contributed by atoms with Gasteiger partial charge in [-0.25, -0.2) is 0 Å². The summed E-state index contributed by atoms with van der Waals surface area (Å²) in [6.45, 7) is 2.11. The first-order valence-corrected chi connectivity index (χ1v) is 18.2. The molecule has 0 aliphatic carbocycles. The number of aryl methyl sites for hydroxylation is 1. The number of furan rings is 1. The molecule has 0 spiro atoms. The van der Waals surface area contributed by atoms with Gasteiger partial charge < -0.3 is 9.32 Å². The van der Waals surface area contributed by atoms with Crippen LogP contribution >= 0.6 is 0 Å². The molecule has 2 heteroatoms. The van der Waals surface area contributed by atoms with E-state index in [-0.39, 0.29) is 0 Å². The van der Waals surface area contributed by atoms with Crippen molar-refractivity contribution in [1.82, 2.24) is 0 Å². The lowest BCUT2D eigenvalue weighted by atomic mass is 9.95. The van der Waals surface area contributed by atoms with E-state index in [4.69, 9.17) is 4.42 Å². The fraction of sp³-hybridized carbons (Fsp3) is 0.0196. The van der Waals surface area contributed by atoms with Crippen molar-refractivity contribution >= 4 is 60.5 Å². The van der Waals surface area contributed by atoms with Crippen LogP contribution in [0.4, 0.5) is 17.1 Å². The standard InChI is InChI=1S/C51H35NO/c1-34-11-8-20-47-48-21-10-18-44(51(48)53-50(34)47)38-27-31-42(32-28-38)52(41-29-25-36(26-30-41)40-24-23-35-12-2-3-14-39(35)33-40)49-22-7-6-17-46(49)45-19-9-15-37-13-4-5-16-43(37)45/h2-33H,1H3. The molecule has 0 saturated heterocycles. The normalized spacial score (nSPS) is 11.5. The Balaban J connectivity index is 1.11. The molecule has 0 amide bonds. The molecule has 10 aromatic rings. The van der Waals surface area contributed by atoms with Crippen LogP contribution in [0.25, 0.3) is 76.9 Å². The number of rotatable bonds is 6. The highest BCUT2D eigenvalue weighted by Crippen LogP contribution is 2.44. The van der Waals surface area contributed by atoms with Crippen LogP contribution < -0.4 is 4.90 Å². The largest absolute Gasteiger partial charge is 0.455 e. The monoisotopic (exact) mass is 677 g/mol. The van der Waals surface area contributed by atoms with E-state index in [1.54, 1.807) is 0 Å². The summed E-state index contributed by atoms with van der Waals surface area (Å²) < 4.78 is 6.55. The SMILES string of the molecule is Cc1cccc2c1oc1c(-c3ccc(N(c4ccc(-c5ccc6ccccc6c5)cc4)c4ccccc4-c4cccc5ccccc45)cc3)cccc12. The fourth-order valence-corrected chi connectivity index (χ4v) is 7.93. The molecule has 0 radical (unpaired) electrons. The maximum absolute atomic E-state index is 6.55. The molecule has 0 atom stereocenters. The van der Waals surface area contributed by atoms with Crippen molar-refractivity contribution in [1.29, 1.82) is 0 Å². The van der Waals surface area contributed by atoms with Gasteiger partial charge in [-0.3, -0.25) is 0 Å². The van der Waals surface area contributed by atoms with Crippen LogP contribution in [-0.4, -0.2) is 0 Å². The summed E-state index contributed by atoms with van der Waals surface area (Å²) in [5.41, 5.74) is 13.3. The summed E-state index contributed by atoms with van der Waals surface area (Å²) in [5, 5.41) is 7.25. The highest BCUT2D eigenvalue weighted by molar-refractivity contribution is 6.10. The lowest BCUT2D eigenvalue weighted by molar-refractivity contribution is 0.667. The lowest BCUT2D eigenvalue weighted by Gasteiger charge is -2.28. The molecule has 0 aliphatic rings. The van der Waals surface area contributed by atoms with Crippen LogP contribution in [0.15, 0.2) is 199 Å². The second-order valence-corrected chi connectivity index (χ2v) is 13.8. The average molecular weight is 678 g/mol. The Morgan fingerprint density at radius 1 is 0.358 bits per heavy atom. The second kappa shape index (κ2) is 12.7. The number of benzene rings is 9. The minimum absolute atomic E-state index is 0.923.